The summed E-state index contributed by atoms with van der Waals surface area (Å²) in [6, 6.07) is 52.0. The van der Waals surface area contributed by atoms with Crippen LogP contribution in [-0.4, -0.2) is 273 Å². The monoisotopic (exact) mass is 2170 g/mol. The fraction of sp³-hybridized carbons (Fsp3) is 0.377. The van der Waals surface area contributed by atoms with Crippen molar-refractivity contribution in [3.8, 4) is 34.5 Å². The lowest BCUT2D eigenvalue weighted by Crippen LogP contribution is -2.48. The molecule has 8 aromatic carbocycles. The molecule has 148 heavy (non-hydrogen) atoms. The van der Waals surface area contributed by atoms with Crippen molar-refractivity contribution in [2.24, 2.45) is 0 Å². The average molecular weight is 2170 g/mol. The van der Waals surface area contributed by atoms with Crippen molar-refractivity contribution in [2.45, 2.75) is 98.7 Å². The largest absolute Gasteiger partial charge is 0.496 e. The number of methoxy groups -OCH3 is 5. The van der Waals surface area contributed by atoms with Crippen molar-refractivity contribution in [3.63, 3.8) is 0 Å². The van der Waals surface area contributed by atoms with Crippen LogP contribution >= 0.6 is 51.8 Å². The van der Waals surface area contributed by atoms with Crippen LogP contribution in [0.2, 0.25) is 10.0 Å². The van der Waals surface area contributed by atoms with Gasteiger partial charge in [0.1, 0.15) is 85.1 Å². The van der Waals surface area contributed by atoms with E-state index in [2.05, 4.69) is 143 Å². The second-order valence-corrected chi connectivity index (χ2v) is 57.1. The summed E-state index contributed by atoms with van der Waals surface area (Å²) in [5.74, 6) is 6.83. The molecule has 4 aliphatic heterocycles. The van der Waals surface area contributed by atoms with Gasteiger partial charge in [-0.3, -0.25) is 4.90 Å². The molecule has 4 saturated heterocycles. The normalized spacial score (nSPS) is 15.5. The molecule has 4 aromatic heterocycles. The molecule has 0 unspecified atom stereocenters. The molecule has 42 heteroatoms. The maximum absolute atomic E-state index is 14.0. The molecular formula is C106H134Cl2N20O14P4S2. The van der Waals surface area contributed by atoms with Crippen LogP contribution in [0.4, 0.5) is 86.6 Å². The Hall–Kier alpha value is -11.7. The molecular weight excluding hydrogens is 2040 g/mol. The topological polar surface area (TPSA) is 395 Å². The number of para-hydroxylation sites is 4. The van der Waals surface area contributed by atoms with Gasteiger partial charge in [-0.05, 0) is 231 Å². The quantitative estimate of drug-likeness (QED) is 0.0188. The summed E-state index contributed by atoms with van der Waals surface area (Å²) in [6.07, 6.45) is 15.8. The number of hydrogen-bond donors (Lipinski definition) is 7. The van der Waals surface area contributed by atoms with Gasteiger partial charge in [-0.15, -0.1) is 0 Å². The predicted molar refractivity (Wildman–Crippen MR) is 603 cm³/mol. The minimum absolute atomic E-state index is 0.165. The summed E-state index contributed by atoms with van der Waals surface area (Å²) in [5, 5.41) is 24.7. The molecule has 0 saturated carbocycles. The average Bonchev–Trinajstić information content (AvgIpc) is 1.74. The number of benzene rings is 8. The smallest absolute Gasteiger partial charge is 0.229 e. The first kappa shape index (κ1) is 112. The van der Waals surface area contributed by atoms with E-state index in [4.69, 9.17) is 61.6 Å². The van der Waals surface area contributed by atoms with E-state index in [0.29, 0.717) is 104 Å². The maximum Gasteiger partial charge on any atom is 0.229 e. The Kier molecular flexibility index (Phi) is 37.3. The van der Waals surface area contributed by atoms with E-state index in [1.54, 1.807) is 156 Å². The maximum atomic E-state index is 14.0. The van der Waals surface area contributed by atoms with Gasteiger partial charge in [0.2, 0.25) is 17.8 Å². The first-order valence-corrected chi connectivity index (χ1v) is 62.7. The van der Waals surface area contributed by atoms with Gasteiger partial charge in [0.25, 0.3) is 0 Å². The number of fused-ring (bicyclic) bond motifs is 1. The molecule has 1 aliphatic carbocycles. The lowest BCUT2D eigenvalue weighted by atomic mass is 10.0. The molecule has 12 aromatic rings. The van der Waals surface area contributed by atoms with Gasteiger partial charge in [-0.25, -0.2) is 41.8 Å². The molecule has 0 amide bonds. The van der Waals surface area contributed by atoms with E-state index >= 15 is 0 Å². The van der Waals surface area contributed by atoms with Crippen molar-refractivity contribution >= 4 is 185 Å². The number of sulfone groups is 2. The third-order valence-corrected chi connectivity index (χ3v) is 38.9. The van der Waals surface area contributed by atoms with Crippen LogP contribution in [0.1, 0.15) is 76.0 Å². The van der Waals surface area contributed by atoms with Crippen LogP contribution in [0.15, 0.2) is 204 Å². The highest BCUT2D eigenvalue weighted by molar-refractivity contribution is 7.92. The van der Waals surface area contributed by atoms with Crippen molar-refractivity contribution in [2.75, 3.05) is 217 Å². The summed E-state index contributed by atoms with van der Waals surface area (Å²) in [7, 11) is -2.68. The van der Waals surface area contributed by atoms with Gasteiger partial charge in [-0.1, -0.05) is 90.0 Å². The van der Waals surface area contributed by atoms with Gasteiger partial charge in [-0.2, -0.15) is 15.0 Å². The van der Waals surface area contributed by atoms with Crippen molar-refractivity contribution in [1.82, 2.24) is 59.5 Å². The Morgan fingerprint density at radius 2 is 0.878 bits per heavy atom. The van der Waals surface area contributed by atoms with E-state index in [1.165, 1.54) is 51.3 Å². The second-order valence-electron chi connectivity index (χ2n) is 38.6. The number of nitrogens with zero attached hydrogens (tertiary/aromatic N) is 13. The van der Waals surface area contributed by atoms with Gasteiger partial charge in [0, 0.05) is 134 Å². The summed E-state index contributed by atoms with van der Waals surface area (Å²) in [5.41, 5.74) is 8.40. The van der Waals surface area contributed by atoms with Crippen molar-refractivity contribution < 1.29 is 63.5 Å². The zero-order chi connectivity index (χ0) is 106. The van der Waals surface area contributed by atoms with Gasteiger partial charge >= 0.3 is 0 Å². The molecule has 0 bridgehead atoms. The van der Waals surface area contributed by atoms with E-state index in [0.717, 1.165) is 146 Å². The van der Waals surface area contributed by atoms with E-state index in [-0.39, 0.29) is 44.4 Å². The SMILES string of the molecule is COc1cc(N2CCN(C)CC2)ccc1Cc1nc2c(c(Nc3ccccc3P(C)(C)=O)n1)C=CC2.COc1cc(OC2CCN(C)CC2)ccc1Nc1ncc(Cl)c(Nc2ccccc2P(C)(C)=O)n1.COc1cc(P(C)(C)=O)ccc1Nc1ncc(OC)c(Nc2ccccc2S(=O)(=O)C(C)C)n1.COc1cc(P2(=O)CCN(C3CCN(C)CC3)CC2)ccc1Nc1ncc(Cl)c(Nc2ccccc2S(=O)(=O)C(C)C)n1. The van der Waals surface area contributed by atoms with E-state index in [1.807, 2.05) is 84.9 Å². The Morgan fingerprint density at radius 3 is 1.39 bits per heavy atom. The zero-order valence-electron chi connectivity index (χ0n) is 87.0. The lowest BCUT2D eigenvalue weighted by Gasteiger charge is -2.41. The third-order valence-electron chi connectivity index (χ3n) is 26.3. The number of halogens is 2. The summed E-state index contributed by atoms with van der Waals surface area (Å²) >= 11 is 12.8. The number of piperidine rings is 2. The highest BCUT2D eigenvalue weighted by Crippen LogP contribution is 2.50. The number of likely N-dealkylation sites (tertiary alicyclic amines) is 2. The summed E-state index contributed by atoms with van der Waals surface area (Å²) < 4.78 is 138. The number of nitrogens with one attached hydrogen (secondary N) is 7. The van der Waals surface area contributed by atoms with Gasteiger partial charge in [0.05, 0.1) is 120 Å². The number of piperazine rings is 1. The molecule has 17 rings (SSSR count). The van der Waals surface area contributed by atoms with E-state index in [9.17, 15) is 35.1 Å². The molecule has 0 spiro atoms. The van der Waals surface area contributed by atoms with Crippen LogP contribution in [0, 0.1) is 0 Å². The Bertz CT molecular complexity index is 7200. The number of likely N-dealkylation sites (N-methyl/N-ethyl adjacent to an activating group) is 1. The first-order valence-electron chi connectivity index (χ1n) is 48.9. The standard InChI is InChI=1S/C30H40ClN6O4PS.C28H34N5O2P.C25H31ClN5O3P.C23H29N4O5PS/c1-21(2)43(39,40)28-8-6-5-7-26(28)33-29-24(31)20-32-30(35-29)34-25-10-9-23(19-27(25)41-4)42(38)17-15-37(16-18-42)22-11-13-36(3)14-12-22;1-32-14-16-33(17-15-32)21-13-12-20(25(19-21)35-2)18-27-29-23-10-7-8-22(23)28(31-27)30-24-9-5-6-11-26(24)36(3,4)34;1-31-13-11-17(12-14-31)34-18-9-10-20(22(15-18)33-2)29-25-27-16-19(26)24(30-25)28-21-7-5-6-8-23(21)35(3,4)32;1-15(2)34(29,30)21-10-8-7-9-18(21)25-22-20(32-4)14-24-23(27-22)26-17-12-11-16(33(5,6)28)13-19(17)31-3/h5-10,19-22H,11-18H2,1-4H3,(H2,32,33,34,35);5-9,11-13,19H,10,14-18H2,1-4H3,(H,29,30,31);5-10,15-17H,11-14H2,1-4H3,(H2,27,28,29,30);7-15H,1-6H3,(H2,24,25,26,27). The lowest BCUT2D eigenvalue weighted by molar-refractivity contribution is 0.114. The number of aromatic nitrogens is 8. The fourth-order valence-electron chi connectivity index (χ4n) is 17.6. The van der Waals surface area contributed by atoms with Crippen LogP contribution in [-0.2, 0) is 50.8 Å². The van der Waals surface area contributed by atoms with Crippen LogP contribution < -0.4 is 91.8 Å². The Balaban J connectivity index is 0.000000156. The Morgan fingerprint density at radius 1 is 0.432 bits per heavy atom. The van der Waals surface area contributed by atoms with Crippen LogP contribution in [0.25, 0.3) is 6.08 Å². The summed E-state index contributed by atoms with van der Waals surface area (Å²) in [6.45, 7) is 27.1. The van der Waals surface area contributed by atoms with Crippen molar-refractivity contribution in [3.05, 3.63) is 227 Å². The molecule has 788 valence electrons. The number of rotatable bonds is 33. The van der Waals surface area contributed by atoms with Gasteiger partial charge < -0.3 is 103 Å². The molecule has 7 N–H and O–H groups in total. The van der Waals surface area contributed by atoms with Crippen molar-refractivity contribution in [1.29, 1.82) is 0 Å². The molecule has 4 fully saturated rings. The molecule has 5 aliphatic rings. The van der Waals surface area contributed by atoms with Crippen LogP contribution in [0.3, 0.4) is 0 Å². The molecule has 8 heterocycles. The fourth-order valence-corrected chi connectivity index (χ4v) is 26.0. The second kappa shape index (κ2) is 49.4. The van der Waals surface area contributed by atoms with E-state index < -0.39 is 58.7 Å². The van der Waals surface area contributed by atoms with Crippen LogP contribution in [0.5, 0.6) is 34.5 Å². The molecule has 34 nitrogen and oxygen atoms in total. The number of allylic oxidation sites excluding steroid dienone is 1. The first-order chi connectivity index (χ1) is 70.5. The zero-order valence-corrected chi connectivity index (χ0v) is 93.7. The summed E-state index contributed by atoms with van der Waals surface area (Å²) in [4.78, 5) is 48.5. The highest BCUT2D eigenvalue weighted by Gasteiger charge is 2.36. The minimum Gasteiger partial charge on any atom is -0.496 e. The molecule has 0 atom stereocenters. The Labute approximate surface area is 879 Å². The highest BCUT2D eigenvalue weighted by atomic mass is 35.5. The molecule has 0 radical (unpaired) electrons. The predicted octanol–water partition coefficient (Wildman–Crippen LogP) is 19.4. The number of ether oxygens (including phenoxy) is 6. The minimum atomic E-state index is -3.55. The number of hydrogen-bond acceptors (Lipinski definition) is 34. The third kappa shape index (κ3) is 28.5. The van der Waals surface area contributed by atoms with Gasteiger partial charge in [0.15, 0.2) is 42.9 Å². The number of anilines is 15.